The van der Waals surface area contributed by atoms with Crippen molar-refractivity contribution in [2.45, 2.75) is 6.54 Å². The van der Waals surface area contributed by atoms with Gasteiger partial charge in [-0.2, -0.15) is 0 Å². The minimum Gasteiger partial charge on any atom is -0.502 e. The monoisotopic (exact) mass is 370 g/mol. The predicted octanol–water partition coefficient (Wildman–Crippen LogP) is 1.74. The topological polar surface area (TPSA) is 98.9 Å². The second kappa shape index (κ2) is 8.50. The first kappa shape index (κ1) is 18.7. The number of carbonyl (C=O) groups excluding carboxylic acids is 1. The van der Waals surface area contributed by atoms with E-state index in [1.165, 1.54) is 12.1 Å². The van der Waals surface area contributed by atoms with Crippen molar-refractivity contribution in [1.82, 2.24) is 10.2 Å². The molecule has 0 spiro atoms. The van der Waals surface area contributed by atoms with Crippen LogP contribution >= 0.6 is 0 Å². The number of aromatic hydroxyl groups is 1. The molecule has 3 rings (SSSR count). The number of anilines is 1. The van der Waals surface area contributed by atoms with Crippen LogP contribution in [0.2, 0.25) is 0 Å². The standard InChI is InChI=1S/C19H22N4O4/c24-18-7-6-15(12-17(18)23(26)27)13-20-14-19(25)22-10-8-21(9-11-22)16-4-2-1-3-5-16/h1-7,12,20,24H,8-11,13-14H2. The maximum absolute atomic E-state index is 12.4. The summed E-state index contributed by atoms with van der Waals surface area (Å²) in [6.45, 7) is 3.40. The Hall–Kier alpha value is -3.13. The summed E-state index contributed by atoms with van der Waals surface area (Å²) >= 11 is 0. The summed E-state index contributed by atoms with van der Waals surface area (Å²) in [4.78, 5) is 26.7. The van der Waals surface area contributed by atoms with E-state index in [1.807, 2.05) is 23.1 Å². The fraction of sp³-hybridized carbons (Fsp3) is 0.316. The third-order valence-electron chi connectivity index (χ3n) is 4.60. The molecule has 0 saturated carbocycles. The number of para-hydroxylation sites is 1. The Labute approximate surface area is 157 Å². The largest absolute Gasteiger partial charge is 0.502 e. The number of nitrogens with one attached hydrogen (secondary N) is 1. The number of nitrogens with zero attached hydrogens (tertiary/aromatic N) is 3. The van der Waals surface area contributed by atoms with Gasteiger partial charge in [-0.1, -0.05) is 24.3 Å². The van der Waals surface area contributed by atoms with Crippen LogP contribution in [0.25, 0.3) is 0 Å². The molecule has 2 N–H and O–H groups in total. The van der Waals surface area contributed by atoms with E-state index in [1.54, 1.807) is 6.07 Å². The van der Waals surface area contributed by atoms with Gasteiger partial charge in [0.25, 0.3) is 0 Å². The Morgan fingerprint density at radius 1 is 1.11 bits per heavy atom. The van der Waals surface area contributed by atoms with Crippen LogP contribution < -0.4 is 10.2 Å². The third kappa shape index (κ3) is 4.73. The van der Waals surface area contributed by atoms with Gasteiger partial charge in [-0.15, -0.1) is 0 Å². The fourth-order valence-corrected chi connectivity index (χ4v) is 3.10. The number of nitro benzene ring substituents is 1. The van der Waals surface area contributed by atoms with Crippen LogP contribution in [0.5, 0.6) is 5.75 Å². The summed E-state index contributed by atoms with van der Waals surface area (Å²) in [7, 11) is 0. The van der Waals surface area contributed by atoms with Crippen LogP contribution in [-0.2, 0) is 11.3 Å². The first-order valence-electron chi connectivity index (χ1n) is 8.79. The number of piperazine rings is 1. The van der Waals surface area contributed by atoms with Crippen LogP contribution in [-0.4, -0.2) is 53.6 Å². The highest BCUT2D eigenvalue weighted by molar-refractivity contribution is 5.78. The molecule has 1 fully saturated rings. The lowest BCUT2D eigenvalue weighted by Crippen LogP contribution is -2.50. The number of hydrogen-bond donors (Lipinski definition) is 2. The number of benzene rings is 2. The van der Waals surface area contributed by atoms with E-state index in [9.17, 15) is 20.0 Å². The molecule has 0 aromatic heterocycles. The number of carbonyl (C=O) groups is 1. The molecule has 1 amide bonds. The SMILES string of the molecule is O=C(CNCc1ccc(O)c([N+](=O)[O-])c1)N1CCN(c2ccccc2)CC1. The lowest BCUT2D eigenvalue weighted by molar-refractivity contribution is -0.385. The van der Waals surface area contributed by atoms with E-state index in [0.29, 0.717) is 25.2 Å². The highest BCUT2D eigenvalue weighted by Crippen LogP contribution is 2.26. The van der Waals surface area contributed by atoms with Gasteiger partial charge in [-0.25, -0.2) is 0 Å². The van der Waals surface area contributed by atoms with Crippen molar-refractivity contribution in [3.8, 4) is 5.75 Å². The second-order valence-corrected chi connectivity index (χ2v) is 6.39. The first-order chi connectivity index (χ1) is 13.0. The minimum atomic E-state index is -0.629. The Morgan fingerprint density at radius 3 is 2.48 bits per heavy atom. The van der Waals surface area contributed by atoms with E-state index >= 15 is 0 Å². The van der Waals surface area contributed by atoms with Crippen molar-refractivity contribution >= 4 is 17.3 Å². The lowest BCUT2D eigenvalue weighted by Gasteiger charge is -2.36. The molecule has 2 aromatic rings. The van der Waals surface area contributed by atoms with Crippen LogP contribution in [0.15, 0.2) is 48.5 Å². The molecule has 2 aromatic carbocycles. The number of hydrogen-bond acceptors (Lipinski definition) is 6. The van der Waals surface area contributed by atoms with Crippen molar-refractivity contribution in [3.05, 3.63) is 64.2 Å². The zero-order chi connectivity index (χ0) is 19.2. The Kier molecular flexibility index (Phi) is 5.87. The van der Waals surface area contributed by atoms with Gasteiger partial charge in [-0.05, 0) is 23.8 Å². The molecule has 27 heavy (non-hydrogen) atoms. The van der Waals surface area contributed by atoms with Crippen LogP contribution in [0.3, 0.4) is 0 Å². The second-order valence-electron chi connectivity index (χ2n) is 6.39. The van der Waals surface area contributed by atoms with E-state index < -0.39 is 4.92 Å². The minimum absolute atomic E-state index is 0.0102. The molecule has 0 unspecified atom stereocenters. The molecular weight excluding hydrogens is 348 g/mol. The molecule has 0 radical (unpaired) electrons. The van der Waals surface area contributed by atoms with Crippen LogP contribution in [0.1, 0.15) is 5.56 Å². The van der Waals surface area contributed by atoms with Crippen LogP contribution in [0, 0.1) is 10.1 Å². The normalized spacial score (nSPS) is 14.2. The average molecular weight is 370 g/mol. The first-order valence-corrected chi connectivity index (χ1v) is 8.79. The molecule has 8 heteroatoms. The van der Waals surface area contributed by atoms with Gasteiger partial charge >= 0.3 is 5.69 Å². The van der Waals surface area contributed by atoms with Crippen molar-refractivity contribution in [2.24, 2.45) is 0 Å². The Morgan fingerprint density at radius 2 is 1.81 bits per heavy atom. The van der Waals surface area contributed by atoms with Gasteiger partial charge in [0, 0.05) is 44.5 Å². The summed E-state index contributed by atoms with van der Waals surface area (Å²) in [6.07, 6.45) is 0. The van der Waals surface area contributed by atoms with Gasteiger partial charge in [0.1, 0.15) is 0 Å². The zero-order valence-corrected chi connectivity index (χ0v) is 14.9. The summed E-state index contributed by atoms with van der Waals surface area (Å²) in [5.74, 6) is -0.355. The molecule has 0 aliphatic carbocycles. The Balaban J connectivity index is 1.45. The quantitative estimate of drug-likeness (QED) is 0.594. The van der Waals surface area contributed by atoms with Crippen molar-refractivity contribution in [1.29, 1.82) is 0 Å². The maximum Gasteiger partial charge on any atom is 0.311 e. The highest BCUT2D eigenvalue weighted by atomic mass is 16.6. The number of phenols is 1. The van der Waals surface area contributed by atoms with E-state index in [4.69, 9.17) is 0 Å². The van der Waals surface area contributed by atoms with E-state index in [-0.39, 0.29) is 23.9 Å². The van der Waals surface area contributed by atoms with Gasteiger partial charge in [0.05, 0.1) is 11.5 Å². The predicted molar refractivity (Wildman–Crippen MR) is 102 cm³/mol. The average Bonchev–Trinajstić information content (AvgIpc) is 2.69. The summed E-state index contributed by atoms with van der Waals surface area (Å²) in [5, 5.41) is 23.3. The fourth-order valence-electron chi connectivity index (χ4n) is 3.10. The Bertz CT molecular complexity index is 805. The summed E-state index contributed by atoms with van der Waals surface area (Å²) in [6, 6.07) is 14.3. The van der Waals surface area contributed by atoms with Gasteiger partial charge < -0.3 is 20.2 Å². The zero-order valence-electron chi connectivity index (χ0n) is 14.9. The molecule has 0 bridgehead atoms. The molecule has 142 valence electrons. The van der Waals surface area contributed by atoms with Gasteiger partial charge in [-0.3, -0.25) is 14.9 Å². The molecule has 1 aliphatic heterocycles. The van der Waals surface area contributed by atoms with Gasteiger partial charge in [0.2, 0.25) is 5.91 Å². The highest BCUT2D eigenvalue weighted by Gasteiger charge is 2.21. The van der Waals surface area contributed by atoms with Gasteiger partial charge in [0.15, 0.2) is 5.75 Å². The molecule has 8 nitrogen and oxygen atoms in total. The number of amides is 1. The lowest BCUT2D eigenvalue weighted by atomic mass is 10.2. The van der Waals surface area contributed by atoms with Crippen LogP contribution in [0.4, 0.5) is 11.4 Å². The van der Waals surface area contributed by atoms with Crippen molar-refractivity contribution < 1.29 is 14.8 Å². The molecular formula is C19H22N4O4. The summed E-state index contributed by atoms with van der Waals surface area (Å²) < 4.78 is 0. The molecule has 1 saturated heterocycles. The van der Waals surface area contributed by atoms with Crippen molar-refractivity contribution in [2.75, 3.05) is 37.6 Å². The summed E-state index contributed by atoms with van der Waals surface area (Å²) in [5.41, 5.74) is 1.47. The smallest absolute Gasteiger partial charge is 0.311 e. The molecule has 1 aliphatic rings. The number of phenolic OH excluding ortho intramolecular Hbond substituents is 1. The van der Waals surface area contributed by atoms with E-state index in [0.717, 1.165) is 18.8 Å². The maximum atomic E-state index is 12.4. The number of rotatable bonds is 6. The number of nitro groups is 1. The third-order valence-corrected chi connectivity index (χ3v) is 4.60. The van der Waals surface area contributed by atoms with Crippen molar-refractivity contribution in [3.63, 3.8) is 0 Å². The van der Waals surface area contributed by atoms with E-state index in [2.05, 4.69) is 22.3 Å². The molecule has 0 atom stereocenters. The molecule has 1 heterocycles.